The van der Waals surface area contributed by atoms with E-state index in [1.807, 2.05) is 13.8 Å². The SMILES string of the molecule is C#C.CC.CC(C)(C)OC(=O)c1cc(Cl)nc(C(N)=O)c1. The molecular weight excluding hydrogens is 292 g/mol. The van der Waals surface area contributed by atoms with E-state index in [2.05, 4.69) is 17.8 Å². The molecule has 1 aromatic rings. The van der Waals surface area contributed by atoms with Crippen LogP contribution in [0.1, 0.15) is 55.5 Å². The molecule has 6 heteroatoms. The quantitative estimate of drug-likeness (QED) is 0.517. The molecule has 0 aliphatic rings. The van der Waals surface area contributed by atoms with E-state index >= 15 is 0 Å². The van der Waals surface area contributed by atoms with Crippen molar-refractivity contribution in [2.24, 2.45) is 5.73 Å². The van der Waals surface area contributed by atoms with Crippen molar-refractivity contribution in [3.05, 3.63) is 28.5 Å². The Hall–Kier alpha value is -2.06. The highest BCUT2D eigenvalue weighted by atomic mass is 35.5. The molecule has 0 radical (unpaired) electrons. The van der Waals surface area contributed by atoms with Crippen molar-refractivity contribution in [2.75, 3.05) is 0 Å². The number of esters is 1. The third-order valence-corrected chi connectivity index (χ3v) is 1.87. The van der Waals surface area contributed by atoms with Gasteiger partial charge < -0.3 is 10.5 Å². The van der Waals surface area contributed by atoms with Gasteiger partial charge >= 0.3 is 5.97 Å². The van der Waals surface area contributed by atoms with Gasteiger partial charge in [-0.25, -0.2) is 9.78 Å². The molecule has 0 aliphatic heterocycles. The molecule has 0 aromatic carbocycles. The lowest BCUT2D eigenvalue weighted by Gasteiger charge is -2.19. The van der Waals surface area contributed by atoms with E-state index in [9.17, 15) is 9.59 Å². The molecule has 1 aromatic heterocycles. The molecule has 2 N–H and O–H groups in total. The van der Waals surface area contributed by atoms with Crippen LogP contribution >= 0.6 is 11.6 Å². The Balaban J connectivity index is 0. The van der Waals surface area contributed by atoms with E-state index in [1.165, 1.54) is 12.1 Å². The lowest BCUT2D eigenvalue weighted by atomic mass is 10.1. The maximum Gasteiger partial charge on any atom is 0.338 e. The largest absolute Gasteiger partial charge is 0.456 e. The minimum absolute atomic E-state index is 0.0159. The maximum absolute atomic E-state index is 11.7. The van der Waals surface area contributed by atoms with Crippen LogP contribution in [0.3, 0.4) is 0 Å². The fourth-order valence-electron chi connectivity index (χ4n) is 1.08. The summed E-state index contributed by atoms with van der Waals surface area (Å²) < 4.78 is 5.14. The summed E-state index contributed by atoms with van der Waals surface area (Å²) in [6.45, 7) is 9.22. The van der Waals surface area contributed by atoms with Gasteiger partial charge in [0.15, 0.2) is 0 Å². The molecule has 1 rings (SSSR count). The molecule has 116 valence electrons. The third kappa shape index (κ3) is 8.66. The summed E-state index contributed by atoms with van der Waals surface area (Å²) in [5, 5.41) is 0.0159. The Morgan fingerprint density at radius 2 is 1.71 bits per heavy atom. The summed E-state index contributed by atoms with van der Waals surface area (Å²) in [5.74, 6) is -1.33. The van der Waals surface area contributed by atoms with Crippen LogP contribution < -0.4 is 5.73 Å². The van der Waals surface area contributed by atoms with Crippen LogP contribution in [-0.4, -0.2) is 22.5 Å². The van der Waals surface area contributed by atoms with E-state index in [-0.39, 0.29) is 16.4 Å². The summed E-state index contributed by atoms with van der Waals surface area (Å²) >= 11 is 5.68. The number of ether oxygens (including phenoxy) is 1. The normalized spacial score (nSPS) is 9.33. The average Bonchev–Trinajstić information content (AvgIpc) is 2.40. The van der Waals surface area contributed by atoms with Crippen LogP contribution in [-0.2, 0) is 4.74 Å². The van der Waals surface area contributed by atoms with Gasteiger partial charge in [0, 0.05) is 0 Å². The first-order valence-corrected chi connectivity index (χ1v) is 6.61. The fraction of sp³-hybridized carbons (Fsp3) is 0.400. The van der Waals surface area contributed by atoms with Crippen LogP contribution in [0.15, 0.2) is 12.1 Å². The number of carbonyl (C=O) groups is 2. The minimum Gasteiger partial charge on any atom is -0.456 e. The monoisotopic (exact) mass is 312 g/mol. The van der Waals surface area contributed by atoms with Gasteiger partial charge in [0.05, 0.1) is 5.56 Å². The lowest BCUT2D eigenvalue weighted by molar-refractivity contribution is 0.00694. The number of hydrogen-bond acceptors (Lipinski definition) is 4. The average molecular weight is 313 g/mol. The summed E-state index contributed by atoms with van der Waals surface area (Å²) in [4.78, 5) is 26.4. The third-order valence-electron chi connectivity index (χ3n) is 1.68. The smallest absolute Gasteiger partial charge is 0.338 e. The number of halogens is 1. The number of carbonyl (C=O) groups excluding carboxylic acids is 2. The minimum atomic E-state index is -0.752. The summed E-state index contributed by atoms with van der Waals surface area (Å²) in [6.07, 6.45) is 8.00. The summed E-state index contributed by atoms with van der Waals surface area (Å²) in [6, 6.07) is 2.57. The highest BCUT2D eigenvalue weighted by Gasteiger charge is 2.19. The van der Waals surface area contributed by atoms with E-state index in [0.29, 0.717) is 0 Å². The van der Waals surface area contributed by atoms with Crippen LogP contribution in [0.4, 0.5) is 0 Å². The molecule has 1 heterocycles. The molecule has 0 unspecified atom stereocenters. The van der Waals surface area contributed by atoms with Crippen LogP contribution in [0.5, 0.6) is 0 Å². The molecule has 0 aliphatic carbocycles. The van der Waals surface area contributed by atoms with Gasteiger partial charge in [-0.2, -0.15) is 0 Å². The number of amides is 1. The van der Waals surface area contributed by atoms with Crippen molar-refractivity contribution in [1.29, 1.82) is 0 Å². The lowest BCUT2D eigenvalue weighted by Crippen LogP contribution is -2.24. The Morgan fingerprint density at radius 1 is 1.24 bits per heavy atom. The molecule has 0 bridgehead atoms. The Labute approximate surface area is 130 Å². The van der Waals surface area contributed by atoms with E-state index in [4.69, 9.17) is 22.1 Å². The van der Waals surface area contributed by atoms with Crippen molar-refractivity contribution in [2.45, 2.75) is 40.2 Å². The van der Waals surface area contributed by atoms with Gasteiger partial charge in [0.2, 0.25) is 0 Å². The molecule has 0 spiro atoms. The van der Waals surface area contributed by atoms with Crippen LogP contribution in [0.25, 0.3) is 0 Å². The highest BCUT2D eigenvalue weighted by Crippen LogP contribution is 2.15. The van der Waals surface area contributed by atoms with Crippen molar-refractivity contribution < 1.29 is 14.3 Å². The molecule has 0 saturated heterocycles. The maximum atomic E-state index is 11.7. The molecule has 1 amide bonds. The molecular formula is C15H21ClN2O3. The topological polar surface area (TPSA) is 82.3 Å². The van der Waals surface area contributed by atoms with Crippen molar-refractivity contribution in [3.63, 3.8) is 0 Å². The number of nitrogens with zero attached hydrogens (tertiary/aromatic N) is 1. The van der Waals surface area contributed by atoms with Crippen LogP contribution in [0, 0.1) is 12.8 Å². The Kier molecular flexibility index (Phi) is 9.90. The molecule has 21 heavy (non-hydrogen) atoms. The number of pyridine rings is 1. The van der Waals surface area contributed by atoms with Gasteiger partial charge in [-0.1, -0.05) is 25.4 Å². The first kappa shape index (κ1) is 21.2. The van der Waals surface area contributed by atoms with E-state index < -0.39 is 17.5 Å². The number of nitrogens with two attached hydrogens (primary N) is 1. The highest BCUT2D eigenvalue weighted by molar-refractivity contribution is 6.30. The zero-order valence-electron chi connectivity index (χ0n) is 12.9. The summed E-state index contributed by atoms with van der Waals surface area (Å²) in [5.41, 5.74) is 4.52. The van der Waals surface area contributed by atoms with Gasteiger partial charge in [0.1, 0.15) is 16.4 Å². The second-order valence-corrected chi connectivity index (χ2v) is 4.82. The molecule has 0 saturated carbocycles. The van der Waals surface area contributed by atoms with Gasteiger partial charge in [-0.3, -0.25) is 4.79 Å². The Bertz CT molecular complexity index is 505. The predicted molar refractivity (Wildman–Crippen MR) is 84.2 cm³/mol. The summed E-state index contributed by atoms with van der Waals surface area (Å²) in [7, 11) is 0. The number of terminal acetylenes is 1. The van der Waals surface area contributed by atoms with Gasteiger partial charge in [0.25, 0.3) is 5.91 Å². The van der Waals surface area contributed by atoms with Crippen LogP contribution in [0.2, 0.25) is 5.15 Å². The number of primary amides is 1. The van der Waals surface area contributed by atoms with Crippen molar-refractivity contribution in [3.8, 4) is 12.8 Å². The zero-order valence-corrected chi connectivity index (χ0v) is 13.7. The number of hydrogen-bond donors (Lipinski definition) is 1. The zero-order chi connectivity index (χ0) is 17.2. The molecule has 0 atom stereocenters. The standard InChI is InChI=1S/C11H13ClN2O3.C2H6.C2H2/c1-11(2,3)17-10(16)6-4-7(9(13)15)14-8(12)5-6;2*1-2/h4-5H,1-3H3,(H2,13,15);1-2H3;1-2H. The number of rotatable bonds is 2. The van der Waals surface area contributed by atoms with E-state index in [1.54, 1.807) is 20.8 Å². The van der Waals surface area contributed by atoms with Gasteiger partial charge in [-0.15, -0.1) is 12.8 Å². The first-order chi connectivity index (χ1) is 9.69. The number of aromatic nitrogens is 1. The Morgan fingerprint density at radius 3 is 2.10 bits per heavy atom. The second kappa shape index (κ2) is 9.78. The molecule has 0 fully saturated rings. The first-order valence-electron chi connectivity index (χ1n) is 6.23. The van der Waals surface area contributed by atoms with Crippen molar-refractivity contribution >= 4 is 23.5 Å². The predicted octanol–water partition coefficient (Wildman–Crippen LogP) is 3.06. The fourth-order valence-corrected chi connectivity index (χ4v) is 1.29. The van der Waals surface area contributed by atoms with Gasteiger partial charge in [-0.05, 0) is 32.9 Å². The molecule has 5 nitrogen and oxygen atoms in total. The van der Waals surface area contributed by atoms with Crippen molar-refractivity contribution in [1.82, 2.24) is 4.98 Å². The second-order valence-electron chi connectivity index (χ2n) is 4.43. The van der Waals surface area contributed by atoms with E-state index in [0.717, 1.165) is 0 Å².